The Kier molecular flexibility index (Phi) is 5.24. The molecule has 1 aliphatic rings. The number of hydrogen-bond donors (Lipinski definition) is 1. The SMILES string of the molecule is CCc1nc(C(=O)O)c2n1-c1ccc(C#CC(C)(C)C)cc1C(c1ccccc1)=NC2. The average Bonchev–Trinajstić information content (AvgIpc) is 3.03. The lowest BCUT2D eigenvalue weighted by atomic mass is 9.95. The van der Waals surface area contributed by atoms with Gasteiger partial charge in [0.15, 0.2) is 5.69 Å². The summed E-state index contributed by atoms with van der Waals surface area (Å²) in [7, 11) is 0. The topological polar surface area (TPSA) is 67.5 Å². The molecule has 1 aromatic heterocycles. The molecule has 31 heavy (non-hydrogen) atoms. The van der Waals surface area contributed by atoms with Gasteiger partial charge in [-0.25, -0.2) is 9.78 Å². The monoisotopic (exact) mass is 411 g/mol. The van der Waals surface area contributed by atoms with Crippen molar-refractivity contribution in [3.05, 3.63) is 82.4 Å². The third-order valence-electron chi connectivity index (χ3n) is 5.07. The molecule has 4 rings (SSSR count). The Morgan fingerprint density at radius 1 is 1.16 bits per heavy atom. The number of imidazole rings is 1. The van der Waals surface area contributed by atoms with Gasteiger partial charge in [-0.3, -0.25) is 9.56 Å². The van der Waals surface area contributed by atoms with Gasteiger partial charge in [-0.05, 0) is 39.0 Å². The van der Waals surface area contributed by atoms with Gasteiger partial charge in [-0.2, -0.15) is 0 Å². The van der Waals surface area contributed by atoms with Gasteiger partial charge in [0.2, 0.25) is 0 Å². The molecule has 0 radical (unpaired) electrons. The standard InChI is InChI=1S/C26H25N3O2/c1-5-22-28-24(25(30)31)21-16-27-23(18-9-7-6-8-10-18)19-15-17(13-14-26(2,3)4)11-12-20(19)29(21)22/h6-12,15H,5,16H2,1-4H3,(H,30,31). The molecule has 0 saturated carbocycles. The molecule has 0 spiro atoms. The molecule has 0 amide bonds. The Balaban J connectivity index is 2.00. The van der Waals surface area contributed by atoms with E-state index in [0.717, 1.165) is 28.1 Å². The van der Waals surface area contributed by atoms with Crippen LogP contribution in [0.15, 0.2) is 53.5 Å². The first kappa shape index (κ1) is 20.6. The van der Waals surface area contributed by atoms with E-state index in [9.17, 15) is 9.90 Å². The molecule has 0 atom stereocenters. The smallest absolute Gasteiger partial charge is 0.356 e. The molecule has 0 aliphatic carbocycles. The van der Waals surface area contributed by atoms with Gasteiger partial charge in [0.1, 0.15) is 5.82 Å². The van der Waals surface area contributed by atoms with Crippen LogP contribution >= 0.6 is 0 Å². The zero-order valence-corrected chi connectivity index (χ0v) is 18.2. The lowest BCUT2D eigenvalue weighted by Gasteiger charge is -2.15. The maximum atomic E-state index is 11.9. The number of benzene rings is 2. The number of fused-ring (bicyclic) bond motifs is 3. The van der Waals surface area contributed by atoms with Crippen LogP contribution < -0.4 is 0 Å². The second-order valence-corrected chi connectivity index (χ2v) is 8.58. The molecule has 5 nitrogen and oxygen atoms in total. The number of carbonyl (C=O) groups is 1. The molecule has 0 saturated heterocycles. The molecular weight excluding hydrogens is 386 g/mol. The number of nitrogens with zero attached hydrogens (tertiary/aromatic N) is 3. The summed E-state index contributed by atoms with van der Waals surface area (Å²) in [6.07, 6.45) is 0.617. The molecule has 5 heteroatoms. The molecule has 1 aliphatic heterocycles. The van der Waals surface area contributed by atoms with Gasteiger partial charge in [-0.15, -0.1) is 0 Å². The lowest BCUT2D eigenvalue weighted by Crippen LogP contribution is -2.10. The number of rotatable bonds is 3. The van der Waals surface area contributed by atoms with Crippen LogP contribution in [-0.4, -0.2) is 26.3 Å². The first-order valence-electron chi connectivity index (χ1n) is 10.4. The van der Waals surface area contributed by atoms with Crippen LogP contribution in [0.25, 0.3) is 5.69 Å². The first-order chi connectivity index (χ1) is 14.8. The lowest BCUT2D eigenvalue weighted by molar-refractivity contribution is 0.0689. The van der Waals surface area contributed by atoms with E-state index in [0.29, 0.717) is 17.9 Å². The van der Waals surface area contributed by atoms with E-state index in [1.165, 1.54) is 0 Å². The average molecular weight is 412 g/mol. The predicted molar refractivity (Wildman–Crippen MR) is 122 cm³/mol. The van der Waals surface area contributed by atoms with Gasteiger partial charge < -0.3 is 5.11 Å². The number of aromatic carboxylic acids is 1. The predicted octanol–water partition coefficient (Wildman–Crippen LogP) is 4.88. The van der Waals surface area contributed by atoms with Gasteiger partial charge in [0.25, 0.3) is 0 Å². The highest BCUT2D eigenvalue weighted by Gasteiger charge is 2.27. The highest BCUT2D eigenvalue weighted by atomic mass is 16.4. The van der Waals surface area contributed by atoms with Crippen LogP contribution in [0.2, 0.25) is 0 Å². The van der Waals surface area contributed by atoms with Crippen molar-refractivity contribution in [2.45, 2.75) is 40.7 Å². The Morgan fingerprint density at radius 2 is 1.90 bits per heavy atom. The summed E-state index contributed by atoms with van der Waals surface area (Å²) < 4.78 is 1.96. The van der Waals surface area contributed by atoms with Gasteiger partial charge in [0.05, 0.1) is 23.6 Å². The summed E-state index contributed by atoms with van der Waals surface area (Å²) in [5, 5.41) is 9.72. The van der Waals surface area contributed by atoms with E-state index in [2.05, 4.69) is 43.7 Å². The maximum Gasteiger partial charge on any atom is 0.356 e. The Morgan fingerprint density at radius 3 is 2.55 bits per heavy atom. The second kappa shape index (κ2) is 7.88. The Bertz CT molecular complexity index is 1250. The largest absolute Gasteiger partial charge is 0.476 e. The number of carboxylic acids is 1. The summed E-state index contributed by atoms with van der Waals surface area (Å²) in [6.45, 7) is 8.47. The minimum Gasteiger partial charge on any atom is -0.476 e. The highest BCUT2D eigenvalue weighted by Crippen LogP contribution is 2.30. The van der Waals surface area contributed by atoms with Crippen LogP contribution in [-0.2, 0) is 13.0 Å². The first-order valence-corrected chi connectivity index (χ1v) is 10.4. The quantitative estimate of drug-likeness (QED) is 0.625. The molecule has 0 bridgehead atoms. The Labute approximate surface area is 182 Å². The molecule has 1 N–H and O–H groups in total. The van der Waals surface area contributed by atoms with Gasteiger partial charge >= 0.3 is 5.97 Å². The Hall–Kier alpha value is -3.65. The summed E-state index contributed by atoms with van der Waals surface area (Å²) in [4.78, 5) is 21.1. The summed E-state index contributed by atoms with van der Waals surface area (Å²) in [6, 6.07) is 16.0. The highest BCUT2D eigenvalue weighted by molar-refractivity contribution is 6.15. The number of carboxylic acid groups (broad SMARTS) is 1. The molecule has 0 fully saturated rings. The number of aliphatic imine (C=N–C) groups is 1. The zero-order chi connectivity index (χ0) is 22.2. The van der Waals surface area contributed by atoms with Crippen molar-refractivity contribution >= 4 is 11.7 Å². The van der Waals surface area contributed by atoms with Crippen LogP contribution in [0.1, 0.15) is 66.4 Å². The molecular formula is C26H25N3O2. The van der Waals surface area contributed by atoms with E-state index < -0.39 is 5.97 Å². The van der Waals surface area contributed by atoms with Crippen molar-refractivity contribution < 1.29 is 9.90 Å². The third-order valence-corrected chi connectivity index (χ3v) is 5.07. The summed E-state index contributed by atoms with van der Waals surface area (Å²) in [5.41, 5.74) is 5.09. The minimum absolute atomic E-state index is 0.0671. The van der Waals surface area contributed by atoms with E-state index in [-0.39, 0.29) is 17.7 Å². The van der Waals surface area contributed by atoms with Gasteiger partial charge in [0, 0.05) is 28.5 Å². The van der Waals surface area contributed by atoms with Crippen molar-refractivity contribution in [3.8, 4) is 17.5 Å². The molecule has 2 aromatic carbocycles. The number of aromatic nitrogens is 2. The third kappa shape index (κ3) is 4.02. The fraction of sp³-hybridized carbons (Fsp3) is 0.269. The van der Waals surface area contributed by atoms with Crippen LogP contribution in [0, 0.1) is 17.3 Å². The van der Waals surface area contributed by atoms with Gasteiger partial charge in [-0.1, -0.05) is 49.1 Å². The second-order valence-electron chi connectivity index (χ2n) is 8.58. The maximum absolute atomic E-state index is 11.9. The van der Waals surface area contributed by atoms with E-state index in [1.54, 1.807) is 0 Å². The molecule has 0 unspecified atom stereocenters. The zero-order valence-electron chi connectivity index (χ0n) is 18.2. The minimum atomic E-state index is -1.03. The van der Waals surface area contributed by atoms with Crippen molar-refractivity contribution in [3.63, 3.8) is 0 Å². The number of aryl methyl sites for hydroxylation is 1. The fourth-order valence-electron chi connectivity index (χ4n) is 3.68. The van der Waals surface area contributed by atoms with E-state index in [4.69, 9.17) is 4.99 Å². The van der Waals surface area contributed by atoms with E-state index in [1.807, 2.05) is 54.0 Å². The van der Waals surface area contributed by atoms with Crippen LogP contribution in [0.4, 0.5) is 0 Å². The molecule has 3 aromatic rings. The van der Waals surface area contributed by atoms with Crippen LogP contribution in [0.3, 0.4) is 0 Å². The normalized spacial score (nSPS) is 12.7. The summed E-state index contributed by atoms with van der Waals surface area (Å²) >= 11 is 0. The number of hydrogen-bond acceptors (Lipinski definition) is 3. The van der Waals surface area contributed by atoms with E-state index >= 15 is 0 Å². The van der Waals surface area contributed by atoms with Crippen molar-refractivity contribution in [1.82, 2.24) is 9.55 Å². The van der Waals surface area contributed by atoms with Crippen molar-refractivity contribution in [2.24, 2.45) is 10.4 Å². The fourth-order valence-corrected chi connectivity index (χ4v) is 3.68. The molecule has 156 valence electrons. The summed E-state index contributed by atoms with van der Waals surface area (Å²) in [5.74, 6) is 6.25. The van der Waals surface area contributed by atoms with Crippen molar-refractivity contribution in [2.75, 3.05) is 0 Å². The van der Waals surface area contributed by atoms with Crippen molar-refractivity contribution in [1.29, 1.82) is 0 Å². The van der Waals surface area contributed by atoms with Crippen LogP contribution in [0.5, 0.6) is 0 Å². The molecule has 2 heterocycles.